The molecule has 4 rings (SSSR count). The number of benzene rings is 2. The molecule has 2 aliphatic rings. The molecule has 2 aromatic carbocycles. The Morgan fingerprint density at radius 2 is 1.95 bits per heavy atom. The highest BCUT2D eigenvalue weighted by Crippen LogP contribution is 2.31. The van der Waals surface area contributed by atoms with Crippen molar-refractivity contribution < 1.29 is 0 Å². The number of likely N-dealkylation sites (tertiary alicyclic amines) is 1. The minimum atomic E-state index is 0.705. The second-order valence-corrected chi connectivity index (χ2v) is 6.26. The average molecular weight is 278 g/mol. The maximum atomic E-state index is 3.56. The van der Waals surface area contributed by atoms with Gasteiger partial charge in [0.15, 0.2) is 0 Å². The summed E-state index contributed by atoms with van der Waals surface area (Å²) in [7, 11) is 0. The lowest BCUT2D eigenvalue weighted by atomic mass is 9.99. The van der Waals surface area contributed by atoms with Crippen LogP contribution in [0.2, 0.25) is 0 Å². The van der Waals surface area contributed by atoms with Crippen molar-refractivity contribution in [2.75, 3.05) is 25.0 Å². The lowest BCUT2D eigenvalue weighted by Gasteiger charge is -2.18. The van der Waals surface area contributed by atoms with Crippen molar-refractivity contribution in [2.45, 2.75) is 25.3 Å². The second kappa shape index (κ2) is 5.53. The van der Waals surface area contributed by atoms with E-state index in [9.17, 15) is 0 Å². The first kappa shape index (κ1) is 12.9. The van der Waals surface area contributed by atoms with Gasteiger partial charge in [-0.3, -0.25) is 4.90 Å². The molecule has 0 spiro atoms. The third-order valence-electron chi connectivity index (χ3n) is 4.87. The molecule has 1 fully saturated rings. The number of rotatable bonds is 3. The van der Waals surface area contributed by atoms with E-state index in [2.05, 4.69) is 58.7 Å². The zero-order valence-corrected chi connectivity index (χ0v) is 12.4. The number of hydrogen-bond acceptors (Lipinski definition) is 2. The number of anilines is 1. The molecule has 0 saturated carbocycles. The summed E-state index contributed by atoms with van der Waals surface area (Å²) in [6.07, 6.45) is 2.46. The summed E-state index contributed by atoms with van der Waals surface area (Å²) in [5.74, 6) is 0.705. The first-order valence-corrected chi connectivity index (χ1v) is 8.02. The SMILES string of the molecule is c1ccc(C2CCN(Cc3cccc4c3NCC4)C2)cc1. The molecular formula is C19H22N2. The standard InChI is InChI=1S/C19H22N2/c1-2-5-15(6-3-1)17-10-12-21(13-17)14-18-8-4-7-16-9-11-20-19(16)18/h1-8,17,20H,9-14H2. The Hall–Kier alpha value is -1.80. The molecule has 0 aliphatic carbocycles. The van der Waals surface area contributed by atoms with Gasteiger partial charge in [-0.2, -0.15) is 0 Å². The maximum absolute atomic E-state index is 3.56. The van der Waals surface area contributed by atoms with Crippen LogP contribution in [0.15, 0.2) is 48.5 Å². The summed E-state index contributed by atoms with van der Waals surface area (Å²) in [5, 5.41) is 3.56. The summed E-state index contributed by atoms with van der Waals surface area (Å²) < 4.78 is 0. The third-order valence-corrected chi connectivity index (χ3v) is 4.87. The van der Waals surface area contributed by atoms with E-state index >= 15 is 0 Å². The van der Waals surface area contributed by atoms with Crippen molar-refractivity contribution in [1.29, 1.82) is 0 Å². The van der Waals surface area contributed by atoms with Gasteiger partial charge < -0.3 is 5.32 Å². The Morgan fingerprint density at radius 3 is 2.86 bits per heavy atom. The molecule has 2 heterocycles. The van der Waals surface area contributed by atoms with Crippen molar-refractivity contribution in [3.63, 3.8) is 0 Å². The van der Waals surface area contributed by atoms with Gasteiger partial charge in [0.1, 0.15) is 0 Å². The summed E-state index contributed by atoms with van der Waals surface area (Å²) in [4.78, 5) is 2.60. The molecule has 0 aromatic heterocycles. The molecular weight excluding hydrogens is 256 g/mol. The highest BCUT2D eigenvalue weighted by atomic mass is 15.1. The summed E-state index contributed by atoms with van der Waals surface area (Å²) in [5.41, 5.74) is 5.86. The van der Waals surface area contributed by atoms with Gasteiger partial charge in [0, 0.05) is 25.3 Å². The minimum absolute atomic E-state index is 0.705. The summed E-state index contributed by atoms with van der Waals surface area (Å²) >= 11 is 0. The summed E-state index contributed by atoms with van der Waals surface area (Å²) in [6, 6.07) is 17.7. The molecule has 0 amide bonds. The van der Waals surface area contributed by atoms with Crippen molar-refractivity contribution >= 4 is 5.69 Å². The van der Waals surface area contributed by atoms with Gasteiger partial charge in [-0.15, -0.1) is 0 Å². The topological polar surface area (TPSA) is 15.3 Å². The molecule has 0 bridgehead atoms. The molecule has 21 heavy (non-hydrogen) atoms. The van der Waals surface area contributed by atoms with Crippen LogP contribution in [0, 0.1) is 0 Å². The lowest BCUT2D eigenvalue weighted by molar-refractivity contribution is 0.327. The largest absolute Gasteiger partial charge is 0.384 e. The number of hydrogen-bond donors (Lipinski definition) is 1. The zero-order valence-electron chi connectivity index (χ0n) is 12.4. The molecule has 0 radical (unpaired) electrons. The quantitative estimate of drug-likeness (QED) is 0.922. The maximum Gasteiger partial charge on any atom is 0.0419 e. The fraction of sp³-hybridized carbons (Fsp3) is 0.368. The van der Waals surface area contributed by atoms with E-state index in [1.54, 1.807) is 0 Å². The van der Waals surface area contributed by atoms with E-state index in [0.717, 1.165) is 13.1 Å². The number of nitrogens with one attached hydrogen (secondary N) is 1. The van der Waals surface area contributed by atoms with Crippen LogP contribution in [0.4, 0.5) is 5.69 Å². The van der Waals surface area contributed by atoms with E-state index in [4.69, 9.17) is 0 Å². The van der Waals surface area contributed by atoms with E-state index in [1.807, 2.05) is 0 Å². The number of nitrogens with zero attached hydrogens (tertiary/aromatic N) is 1. The van der Waals surface area contributed by atoms with Crippen LogP contribution in [0.25, 0.3) is 0 Å². The predicted molar refractivity (Wildman–Crippen MR) is 87.7 cm³/mol. The smallest absolute Gasteiger partial charge is 0.0419 e. The average Bonchev–Trinajstić information content (AvgIpc) is 3.17. The predicted octanol–water partition coefficient (Wildman–Crippen LogP) is 3.64. The fourth-order valence-corrected chi connectivity index (χ4v) is 3.76. The van der Waals surface area contributed by atoms with E-state index in [-0.39, 0.29) is 0 Å². The number of para-hydroxylation sites is 1. The Labute approximate surface area is 126 Å². The molecule has 108 valence electrons. The van der Waals surface area contributed by atoms with E-state index in [1.165, 1.54) is 48.3 Å². The van der Waals surface area contributed by atoms with Crippen molar-refractivity contribution in [3.05, 3.63) is 65.2 Å². The van der Waals surface area contributed by atoms with Crippen LogP contribution >= 0.6 is 0 Å². The molecule has 1 N–H and O–H groups in total. The van der Waals surface area contributed by atoms with E-state index in [0.29, 0.717) is 5.92 Å². The third kappa shape index (κ3) is 2.56. The highest BCUT2D eigenvalue weighted by Gasteiger charge is 2.25. The van der Waals surface area contributed by atoms with Crippen LogP contribution < -0.4 is 5.32 Å². The lowest BCUT2D eigenvalue weighted by Crippen LogP contribution is -2.20. The Kier molecular flexibility index (Phi) is 3.40. The molecule has 2 heteroatoms. The van der Waals surface area contributed by atoms with Gasteiger partial charge in [0.25, 0.3) is 0 Å². The highest BCUT2D eigenvalue weighted by molar-refractivity contribution is 5.61. The van der Waals surface area contributed by atoms with Crippen LogP contribution in [-0.2, 0) is 13.0 Å². The monoisotopic (exact) mass is 278 g/mol. The fourth-order valence-electron chi connectivity index (χ4n) is 3.76. The Balaban J connectivity index is 1.47. The molecule has 1 atom stereocenters. The van der Waals surface area contributed by atoms with Crippen molar-refractivity contribution in [1.82, 2.24) is 4.90 Å². The van der Waals surface area contributed by atoms with Gasteiger partial charge >= 0.3 is 0 Å². The molecule has 2 aromatic rings. The van der Waals surface area contributed by atoms with Gasteiger partial charge in [-0.1, -0.05) is 48.5 Å². The first-order chi connectivity index (χ1) is 10.4. The Morgan fingerprint density at radius 1 is 1.05 bits per heavy atom. The molecule has 1 unspecified atom stereocenters. The second-order valence-electron chi connectivity index (χ2n) is 6.26. The van der Waals surface area contributed by atoms with Crippen LogP contribution in [0.1, 0.15) is 29.0 Å². The number of fused-ring (bicyclic) bond motifs is 1. The van der Waals surface area contributed by atoms with Gasteiger partial charge in [0.05, 0.1) is 0 Å². The van der Waals surface area contributed by atoms with Crippen LogP contribution in [-0.4, -0.2) is 24.5 Å². The van der Waals surface area contributed by atoms with Crippen molar-refractivity contribution in [3.8, 4) is 0 Å². The first-order valence-electron chi connectivity index (χ1n) is 8.02. The normalized spacial score (nSPS) is 21.2. The zero-order chi connectivity index (χ0) is 14.1. The molecule has 1 saturated heterocycles. The van der Waals surface area contributed by atoms with Gasteiger partial charge in [-0.05, 0) is 42.0 Å². The van der Waals surface area contributed by atoms with Crippen LogP contribution in [0.3, 0.4) is 0 Å². The summed E-state index contributed by atoms with van der Waals surface area (Å²) in [6.45, 7) is 4.58. The molecule has 2 nitrogen and oxygen atoms in total. The van der Waals surface area contributed by atoms with Crippen molar-refractivity contribution in [2.24, 2.45) is 0 Å². The van der Waals surface area contributed by atoms with Gasteiger partial charge in [0.2, 0.25) is 0 Å². The minimum Gasteiger partial charge on any atom is -0.384 e. The van der Waals surface area contributed by atoms with Crippen LogP contribution in [0.5, 0.6) is 0 Å². The Bertz CT molecular complexity index is 621. The van der Waals surface area contributed by atoms with Gasteiger partial charge in [-0.25, -0.2) is 0 Å². The molecule has 2 aliphatic heterocycles. The van der Waals surface area contributed by atoms with E-state index < -0.39 is 0 Å².